The Kier molecular flexibility index (Phi) is 7.59. The number of esters is 1. The summed E-state index contributed by atoms with van der Waals surface area (Å²) in [4.78, 5) is 51.6. The summed E-state index contributed by atoms with van der Waals surface area (Å²) in [6, 6.07) is 3.36. The number of carbonyl (C=O) groups is 4. The first-order valence-corrected chi connectivity index (χ1v) is 12.1. The highest BCUT2D eigenvalue weighted by Gasteiger charge is 2.53. The zero-order valence-electron chi connectivity index (χ0n) is 19.1. The molecule has 1 aromatic rings. The average Bonchev–Trinajstić information content (AvgIpc) is 3.36. The number of urea groups is 1. The molecule has 1 aliphatic heterocycles. The SMILES string of the molecule is CCC(C)(C)C1CCC2(CC1)NC(=O)N(CC(=O)OCC(=O)NCCc1cccs1)C2=O. The molecule has 0 unspecified atom stereocenters. The second-order valence-electron chi connectivity index (χ2n) is 9.36. The van der Waals surface area contributed by atoms with Gasteiger partial charge < -0.3 is 15.4 Å². The highest BCUT2D eigenvalue weighted by Crippen LogP contribution is 2.45. The van der Waals surface area contributed by atoms with Crippen LogP contribution in [0.3, 0.4) is 0 Å². The first-order chi connectivity index (χ1) is 15.2. The van der Waals surface area contributed by atoms with E-state index in [1.165, 1.54) is 0 Å². The first kappa shape index (κ1) is 24.2. The number of imide groups is 1. The van der Waals surface area contributed by atoms with Gasteiger partial charge in [0, 0.05) is 11.4 Å². The maximum Gasteiger partial charge on any atom is 0.326 e. The lowest BCUT2D eigenvalue weighted by Crippen LogP contribution is -2.51. The van der Waals surface area contributed by atoms with E-state index in [0.29, 0.717) is 31.7 Å². The number of carbonyl (C=O) groups excluding carboxylic acids is 4. The molecule has 0 atom stereocenters. The van der Waals surface area contributed by atoms with Crippen LogP contribution in [-0.4, -0.2) is 54.0 Å². The Morgan fingerprint density at radius 3 is 2.66 bits per heavy atom. The molecule has 1 aliphatic carbocycles. The van der Waals surface area contributed by atoms with Crippen LogP contribution in [0.1, 0.15) is 57.8 Å². The third-order valence-electron chi connectivity index (χ3n) is 7.03. The number of hydrogen-bond acceptors (Lipinski definition) is 6. The van der Waals surface area contributed by atoms with Crippen molar-refractivity contribution in [2.24, 2.45) is 11.3 Å². The van der Waals surface area contributed by atoms with E-state index in [4.69, 9.17) is 4.74 Å². The fraction of sp³-hybridized carbons (Fsp3) is 0.652. The zero-order chi connectivity index (χ0) is 23.4. The monoisotopic (exact) mass is 463 g/mol. The molecule has 0 aromatic carbocycles. The van der Waals surface area contributed by atoms with Crippen LogP contribution < -0.4 is 10.6 Å². The van der Waals surface area contributed by atoms with E-state index in [0.717, 1.165) is 29.0 Å². The Balaban J connectivity index is 1.44. The summed E-state index contributed by atoms with van der Waals surface area (Å²) in [5, 5.41) is 7.48. The van der Waals surface area contributed by atoms with Gasteiger partial charge in [-0.2, -0.15) is 0 Å². The molecule has 2 heterocycles. The minimum atomic E-state index is -0.920. The maximum atomic E-state index is 13.0. The smallest absolute Gasteiger partial charge is 0.326 e. The third-order valence-corrected chi connectivity index (χ3v) is 7.96. The van der Waals surface area contributed by atoms with Gasteiger partial charge in [0.05, 0.1) is 0 Å². The van der Waals surface area contributed by atoms with Crippen molar-refractivity contribution in [2.45, 2.75) is 64.8 Å². The normalized spacial score (nSPS) is 23.3. The minimum absolute atomic E-state index is 0.196. The maximum absolute atomic E-state index is 13.0. The fourth-order valence-electron chi connectivity index (χ4n) is 4.49. The lowest BCUT2D eigenvalue weighted by molar-refractivity contribution is -0.151. The highest BCUT2D eigenvalue weighted by atomic mass is 32.1. The second-order valence-corrected chi connectivity index (χ2v) is 10.4. The molecular formula is C23H33N3O5S. The predicted molar refractivity (Wildman–Crippen MR) is 121 cm³/mol. The standard InChI is InChI=1S/C23H33N3O5S/c1-4-22(2,3)16-7-10-23(11-8-16)20(29)26(21(30)25-23)14-19(28)31-15-18(27)24-12-9-17-6-5-13-32-17/h5-6,13,16H,4,7-12,14-15H2,1-3H3,(H,24,27)(H,25,30). The van der Waals surface area contributed by atoms with Crippen molar-refractivity contribution in [3.8, 4) is 0 Å². The predicted octanol–water partition coefficient (Wildman–Crippen LogP) is 2.87. The summed E-state index contributed by atoms with van der Waals surface area (Å²) >= 11 is 1.61. The van der Waals surface area contributed by atoms with Crippen molar-refractivity contribution < 1.29 is 23.9 Å². The summed E-state index contributed by atoms with van der Waals surface area (Å²) in [5.74, 6) is -1.06. The van der Waals surface area contributed by atoms with Gasteiger partial charge in [-0.05, 0) is 54.9 Å². The largest absolute Gasteiger partial charge is 0.454 e. The van der Waals surface area contributed by atoms with Gasteiger partial charge in [0.1, 0.15) is 12.1 Å². The Hall–Kier alpha value is -2.42. The molecule has 9 heteroatoms. The summed E-state index contributed by atoms with van der Waals surface area (Å²) in [6.07, 6.45) is 4.63. The van der Waals surface area contributed by atoms with Crippen LogP contribution in [0, 0.1) is 11.3 Å². The van der Waals surface area contributed by atoms with Gasteiger partial charge in [0.2, 0.25) is 0 Å². The van der Waals surface area contributed by atoms with Gasteiger partial charge in [-0.15, -0.1) is 11.3 Å². The van der Waals surface area contributed by atoms with E-state index in [1.807, 2.05) is 17.5 Å². The van der Waals surface area contributed by atoms with Crippen LogP contribution in [0.4, 0.5) is 4.79 Å². The number of ether oxygens (including phenoxy) is 1. The van der Waals surface area contributed by atoms with E-state index in [-0.39, 0.29) is 11.3 Å². The molecule has 0 radical (unpaired) electrons. The summed E-state index contributed by atoms with van der Waals surface area (Å²) < 4.78 is 4.98. The topological polar surface area (TPSA) is 105 Å². The van der Waals surface area contributed by atoms with Crippen LogP contribution >= 0.6 is 11.3 Å². The molecule has 1 saturated carbocycles. The molecule has 4 amide bonds. The van der Waals surface area contributed by atoms with E-state index < -0.39 is 36.6 Å². The second kappa shape index (κ2) is 10.0. The van der Waals surface area contributed by atoms with Crippen molar-refractivity contribution in [3.05, 3.63) is 22.4 Å². The van der Waals surface area contributed by atoms with E-state index in [9.17, 15) is 19.2 Å². The molecule has 0 bridgehead atoms. The van der Waals surface area contributed by atoms with E-state index in [1.54, 1.807) is 11.3 Å². The number of hydrogen-bond donors (Lipinski definition) is 2. The van der Waals surface area contributed by atoms with Gasteiger partial charge >= 0.3 is 12.0 Å². The van der Waals surface area contributed by atoms with Crippen LogP contribution in [0.25, 0.3) is 0 Å². The molecule has 2 aliphatic rings. The molecule has 176 valence electrons. The first-order valence-electron chi connectivity index (χ1n) is 11.3. The highest BCUT2D eigenvalue weighted by molar-refractivity contribution is 7.09. The van der Waals surface area contributed by atoms with Gasteiger partial charge in [0.25, 0.3) is 11.8 Å². The lowest BCUT2D eigenvalue weighted by atomic mass is 9.65. The average molecular weight is 464 g/mol. The Bertz CT molecular complexity index is 844. The van der Waals surface area contributed by atoms with E-state index in [2.05, 4.69) is 31.4 Å². The number of nitrogens with one attached hydrogen (secondary N) is 2. The molecule has 1 saturated heterocycles. The van der Waals surface area contributed by atoms with Crippen LogP contribution in [0.5, 0.6) is 0 Å². The summed E-state index contributed by atoms with van der Waals surface area (Å²) in [7, 11) is 0. The molecule has 8 nitrogen and oxygen atoms in total. The zero-order valence-corrected chi connectivity index (χ0v) is 19.9. The van der Waals surface area contributed by atoms with Gasteiger partial charge in [-0.1, -0.05) is 33.3 Å². The van der Waals surface area contributed by atoms with Crippen molar-refractivity contribution >= 4 is 35.2 Å². The molecule has 3 rings (SSSR count). The van der Waals surface area contributed by atoms with Crippen molar-refractivity contribution in [1.82, 2.24) is 15.5 Å². The summed E-state index contributed by atoms with van der Waals surface area (Å²) in [5.41, 5.74) is -0.724. The minimum Gasteiger partial charge on any atom is -0.454 e. The van der Waals surface area contributed by atoms with Crippen molar-refractivity contribution in [2.75, 3.05) is 19.7 Å². The van der Waals surface area contributed by atoms with Crippen LogP contribution in [-0.2, 0) is 25.5 Å². The molecular weight excluding hydrogens is 430 g/mol. The number of nitrogens with zero attached hydrogens (tertiary/aromatic N) is 1. The van der Waals surface area contributed by atoms with Crippen molar-refractivity contribution in [3.63, 3.8) is 0 Å². The Labute approximate surface area is 193 Å². The molecule has 1 spiro atoms. The van der Waals surface area contributed by atoms with Crippen LogP contribution in [0.2, 0.25) is 0 Å². The third kappa shape index (κ3) is 5.49. The van der Waals surface area contributed by atoms with Gasteiger partial charge in [0.15, 0.2) is 6.61 Å². The molecule has 32 heavy (non-hydrogen) atoms. The molecule has 1 aromatic heterocycles. The van der Waals surface area contributed by atoms with Gasteiger partial charge in [-0.25, -0.2) is 4.79 Å². The number of amides is 4. The summed E-state index contributed by atoms with van der Waals surface area (Å²) in [6.45, 7) is 6.17. The number of rotatable bonds is 9. The molecule has 2 fully saturated rings. The lowest BCUT2D eigenvalue weighted by Gasteiger charge is -2.42. The van der Waals surface area contributed by atoms with Gasteiger partial charge in [-0.3, -0.25) is 19.3 Å². The Morgan fingerprint density at radius 1 is 1.31 bits per heavy atom. The fourth-order valence-corrected chi connectivity index (χ4v) is 5.20. The Morgan fingerprint density at radius 2 is 2.03 bits per heavy atom. The van der Waals surface area contributed by atoms with Crippen molar-refractivity contribution in [1.29, 1.82) is 0 Å². The quantitative estimate of drug-likeness (QED) is 0.433. The van der Waals surface area contributed by atoms with E-state index >= 15 is 0 Å². The van der Waals surface area contributed by atoms with Crippen LogP contribution in [0.15, 0.2) is 17.5 Å². The number of thiophene rings is 1. The molecule has 2 N–H and O–H groups in total.